The third kappa shape index (κ3) is 4.68. The lowest BCUT2D eigenvalue weighted by Crippen LogP contribution is -2.23. The zero-order valence-corrected chi connectivity index (χ0v) is 12.0. The van der Waals surface area contributed by atoms with Gasteiger partial charge in [0.2, 0.25) is 5.91 Å². The number of nitrogens with zero attached hydrogens (tertiary/aromatic N) is 1. The van der Waals surface area contributed by atoms with Crippen molar-refractivity contribution in [2.45, 2.75) is 11.3 Å². The Morgan fingerprint density at radius 1 is 1.42 bits per heavy atom. The summed E-state index contributed by atoms with van der Waals surface area (Å²) in [6, 6.07) is 3.06. The van der Waals surface area contributed by atoms with Crippen LogP contribution in [0.1, 0.15) is 6.42 Å². The molecule has 1 aromatic carbocycles. The quantitative estimate of drug-likeness (QED) is 0.775. The molecule has 5 nitrogen and oxygen atoms in total. The molecule has 0 fully saturated rings. The normalized spacial score (nSPS) is 11.2. The van der Waals surface area contributed by atoms with Crippen LogP contribution in [-0.2, 0) is 13.8 Å². The summed E-state index contributed by atoms with van der Waals surface area (Å²) >= 11 is 0. The maximum Gasteiger partial charge on any atom is 0.261 e. The molecule has 106 valence electrons. The summed E-state index contributed by atoms with van der Waals surface area (Å²) in [5.74, 6) is -1.13. The molecule has 0 saturated heterocycles. The Hall–Kier alpha value is -1.34. The van der Waals surface area contributed by atoms with Gasteiger partial charge in [-0.05, 0) is 18.2 Å². The molecule has 0 radical (unpaired) electrons. The standard InChI is InChI=1S/C11H13ClFNO4S/c1-14(2)11(15)5-6-18-10-4-3-8(7-9(10)13)19(12,16)17/h3-4,7H,5-6H2,1-2H3. The fourth-order valence-corrected chi connectivity index (χ4v) is 1.98. The predicted molar refractivity (Wildman–Crippen MR) is 68.2 cm³/mol. The molecule has 0 aromatic heterocycles. The second-order valence-electron chi connectivity index (χ2n) is 3.92. The number of halogens is 2. The van der Waals surface area contributed by atoms with Crippen LogP contribution in [-0.4, -0.2) is 39.9 Å². The molecule has 8 heteroatoms. The minimum atomic E-state index is -3.97. The van der Waals surface area contributed by atoms with Crippen LogP contribution in [0.5, 0.6) is 5.75 Å². The number of hydrogen-bond acceptors (Lipinski definition) is 4. The Bertz CT molecular complexity index is 574. The number of ether oxygens (including phenoxy) is 1. The fraction of sp³-hybridized carbons (Fsp3) is 0.364. The summed E-state index contributed by atoms with van der Waals surface area (Å²) in [4.78, 5) is 12.3. The van der Waals surface area contributed by atoms with Gasteiger partial charge in [-0.3, -0.25) is 4.79 Å². The molecule has 0 aliphatic heterocycles. The Morgan fingerprint density at radius 3 is 2.53 bits per heavy atom. The van der Waals surface area contributed by atoms with E-state index in [2.05, 4.69) is 0 Å². The van der Waals surface area contributed by atoms with Gasteiger partial charge in [0.25, 0.3) is 9.05 Å². The van der Waals surface area contributed by atoms with Gasteiger partial charge in [0.05, 0.1) is 17.9 Å². The first-order valence-electron chi connectivity index (χ1n) is 5.29. The van der Waals surface area contributed by atoms with E-state index in [9.17, 15) is 17.6 Å². The molecule has 0 bridgehead atoms. The van der Waals surface area contributed by atoms with Crippen molar-refractivity contribution in [3.8, 4) is 5.75 Å². The predicted octanol–water partition coefficient (Wildman–Crippen LogP) is 1.61. The van der Waals surface area contributed by atoms with Gasteiger partial charge in [0, 0.05) is 24.8 Å². The van der Waals surface area contributed by atoms with Gasteiger partial charge in [0.1, 0.15) is 0 Å². The van der Waals surface area contributed by atoms with Crippen molar-refractivity contribution >= 4 is 25.6 Å². The summed E-state index contributed by atoms with van der Waals surface area (Å²) < 4.78 is 40.5. The lowest BCUT2D eigenvalue weighted by Gasteiger charge is -2.11. The second-order valence-corrected chi connectivity index (χ2v) is 6.48. The molecule has 0 atom stereocenters. The van der Waals surface area contributed by atoms with Crippen LogP contribution in [0, 0.1) is 5.82 Å². The summed E-state index contributed by atoms with van der Waals surface area (Å²) in [5.41, 5.74) is 0. The van der Waals surface area contributed by atoms with Gasteiger partial charge < -0.3 is 9.64 Å². The number of amides is 1. The number of benzene rings is 1. The maximum absolute atomic E-state index is 13.5. The molecule has 19 heavy (non-hydrogen) atoms. The summed E-state index contributed by atoms with van der Waals surface area (Å²) in [6.07, 6.45) is 0.0992. The summed E-state index contributed by atoms with van der Waals surface area (Å²) in [6.45, 7) is 0.000898. The molecule has 0 aliphatic carbocycles. The fourth-order valence-electron chi connectivity index (χ4n) is 1.22. The van der Waals surface area contributed by atoms with Crippen LogP contribution in [0.2, 0.25) is 0 Å². The highest BCUT2D eigenvalue weighted by Crippen LogP contribution is 2.23. The first kappa shape index (κ1) is 15.7. The minimum Gasteiger partial charge on any atom is -0.490 e. The minimum absolute atomic E-state index is 0.000898. The highest BCUT2D eigenvalue weighted by Gasteiger charge is 2.14. The van der Waals surface area contributed by atoms with Crippen molar-refractivity contribution in [1.82, 2.24) is 4.90 Å². The van der Waals surface area contributed by atoms with Crippen molar-refractivity contribution in [3.63, 3.8) is 0 Å². The second kappa shape index (κ2) is 6.21. The number of carbonyl (C=O) groups is 1. The first-order chi connectivity index (χ1) is 8.71. The zero-order chi connectivity index (χ0) is 14.6. The lowest BCUT2D eigenvalue weighted by atomic mass is 10.3. The van der Waals surface area contributed by atoms with E-state index in [1.165, 1.54) is 4.90 Å². The zero-order valence-electron chi connectivity index (χ0n) is 10.4. The van der Waals surface area contributed by atoms with E-state index in [1.807, 2.05) is 0 Å². The van der Waals surface area contributed by atoms with Crippen LogP contribution in [0.25, 0.3) is 0 Å². The molecular formula is C11H13ClFNO4S. The molecule has 0 aliphatic rings. The number of rotatable bonds is 5. The van der Waals surface area contributed by atoms with E-state index < -0.39 is 14.9 Å². The first-order valence-corrected chi connectivity index (χ1v) is 7.60. The molecule has 0 unspecified atom stereocenters. The molecule has 1 rings (SSSR count). The van der Waals surface area contributed by atoms with Gasteiger partial charge in [-0.25, -0.2) is 12.8 Å². The monoisotopic (exact) mass is 309 g/mol. The highest BCUT2D eigenvalue weighted by atomic mass is 35.7. The van der Waals surface area contributed by atoms with Gasteiger partial charge in [0.15, 0.2) is 11.6 Å². The maximum atomic E-state index is 13.5. The number of carbonyl (C=O) groups excluding carboxylic acids is 1. The molecule has 0 N–H and O–H groups in total. The Balaban J connectivity index is 2.69. The van der Waals surface area contributed by atoms with E-state index in [-0.39, 0.29) is 29.6 Å². The molecule has 0 heterocycles. The van der Waals surface area contributed by atoms with E-state index in [1.54, 1.807) is 14.1 Å². The number of hydrogen-bond donors (Lipinski definition) is 0. The average molecular weight is 310 g/mol. The van der Waals surface area contributed by atoms with Gasteiger partial charge in [-0.15, -0.1) is 0 Å². The van der Waals surface area contributed by atoms with Crippen LogP contribution in [0.4, 0.5) is 4.39 Å². The van der Waals surface area contributed by atoms with Crippen LogP contribution in [0.15, 0.2) is 23.1 Å². The molecular weight excluding hydrogens is 297 g/mol. The van der Waals surface area contributed by atoms with Crippen molar-refractivity contribution in [2.24, 2.45) is 0 Å². The van der Waals surface area contributed by atoms with Crippen molar-refractivity contribution < 1.29 is 22.3 Å². The van der Waals surface area contributed by atoms with E-state index in [0.717, 1.165) is 18.2 Å². The average Bonchev–Trinajstić information content (AvgIpc) is 2.29. The third-order valence-corrected chi connectivity index (χ3v) is 3.61. The van der Waals surface area contributed by atoms with Crippen molar-refractivity contribution in [3.05, 3.63) is 24.0 Å². The van der Waals surface area contributed by atoms with E-state index in [0.29, 0.717) is 0 Å². The van der Waals surface area contributed by atoms with E-state index >= 15 is 0 Å². The van der Waals surface area contributed by atoms with Gasteiger partial charge in [-0.1, -0.05) is 0 Å². The van der Waals surface area contributed by atoms with E-state index in [4.69, 9.17) is 15.4 Å². The molecule has 0 saturated carbocycles. The summed E-state index contributed by atoms with van der Waals surface area (Å²) in [5, 5.41) is 0. The topological polar surface area (TPSA) is 63.7 Å². The molecule has 1 aromatic rings. The lowest BCUT2D eigenvalue weighted by molar-refractivity contribution is -0.129. The molecule has 1 amide bonds. The SMILES string of the molecule is CN(C)C(=O)CCOc1ccc(S(=O)(=O)Cl)cc1F. The Morgan fingerprint density at radius 2 is 2.05 bits per heavy atom. The third-order valence-electron chi connectivity index (χ3n) is 2.26. The Kier molecular flexibility index (Phi) is 5.13. The smallest absolute Gasteiger partial charge is 0.261 e. The van der Waals surface area contributed by atoms with Crippen molar-refractivity contribution in [1.29, 1.82) is 0 Å². The van der Waals surface area contributed by atoms with Crippen LogP contribution in [0.3, 0.4) is 0 Å². The van der Waals surface area contributed by atoms with Gasteiger partial charge in [-0.2, -0.15) is 0 Å². The van der Waals surface area contributed by atoms with Crippen LogP contribution >= 0.6 is 10.7 Å². The summed E-state index contributed by atoms with van der Waals surface area (Å²) in [7, 11) is 4.31. The van der Waals surface area contributed by atoms with Crippen LogP contribution < -0.4 is 4.74 Å². The largest absolute Gasteiger partial charge is 0.490 e. The molecule has 0 spiro atoms. The Labute approximate surface area is 115 Å². The van der Waals surface area contributed by atoms with Gasteiger partial charge >= 0.3 is 0 Å². The highest BCUT2D eigenvalue weighted by molar-refractivity contribution is 8.13. The van der Waals surface area contributed by atoms with Crippen molar-refractivity contribution in [2.75, 3.05) is 20.7 Å².